The molecule has 2 nitrogen and oxygen atoms in total. The lowest BCUT2D eigenvalue weighted by molar-refractivity contribution is 1.18. The molecule has 0 fully saturated rings. The maximum absolute atomic E-state index is 4.27. The molecule has 0 saturated carbocycles. The second-order valence-corrected chi connectivity index (χ2v) is 8.64. The summed E-state index contributed by atoms with van der Waals surface area (Å²) in [5.74, 6) is 0. The van der Waals surface area contributed by atoms with Crippen molar-refractivity contribution in [1.82, 2.24) is 9.55 Å². The van der Waals surface area contributed by atoms with Crippen molar-refractivity contribution < 1.29 is 0 Å². The fourth-order valence-corrected chi connectivity index (χ4v) is 4.94. The molecule has 0 unspecified atom stereocenters. The van der Waals surface area contributed by atoms with Crippen LogP contribution in [0.25, 0.3) is 49.7 Å². The zero-order valence-corrected chi connectivity index (χ0v) is 18.8. The van der Waals surface area contributed by atoms with Gasteiger partial charge in [0.25, 0.3) is 0 Å². The number of para-hydroxylation sites is 2. The summed E-state index contributed by atoms with van der Waals surface area (Å²) in [4.78, 5) is 4.27. The highest BCUT2D eigenvalue weighted by Gasteiger charge is 2.15. The lowest BCUT2D eigenvalue weighted by Gasteiger charge is -2.13. The van der Waals surface area contributed by atoms with Crippen LogP contribution in [0, 0.1) is 13.8 Å². The van der Waals surface area contributed by atoms with Gasteiger partial charge in [0.2, 0.25) is 0 Å². The molecule has 0 saturated heterocycles. The Bertz CT molecular complexity index is 1610. The van der Waals surface area contributed by atoms with Crippen molar-refractivity contribution in [1.29, 1.82) is 0 Å². The van der Waals surface area contributed by atoms with Crippen LogP contribution in [0.3, 0.4) is 0 Å². The first-order chi connectivity index (χ1) is 16.2. The summed E-state index contributed by atoms with van der Waals surface area (Å²) < 4.78 is 2.37. The maximum Gasteiger partial charge on any atom is 0.0544 e. The number of nitrogens with zero attached hydrogens (tertiary/aromatic N) is 2. The molecule has 0 aliphatic rings. The van der Waals surface area contributed by atoms with Crippen molar-refractivity contribution in [2.75, 3.05) is 0 Å². The normalized spacial score (nSPS) is 11.3. The highest BCUT2D eigenvalue weighted by atomic mass is 15.0. The van der Waals surface area contributed by atoms with Crippen molar-refractivity contribution in [3.8, 4) is 27.9 Å². The average Bonchev–Trinajstić information content (AvgIpc) is 3.18. The minimum atomic E-state index is 1.14. The molecule has 0 aliphatic carbocycles. The first-order valence-corrected chi connectivity index (χ1v) is 11.3. The molecule has 2 heteroatoms. The van der Waals surface area contributed by atoms with Crippen molar-refractivity contribution in [3.63, 3.8) is 0 Å². The van der Waals surface area contributed by atoms with E-state index in [1.165, 1.54) is 55.3 Å². The first-order valence-electron chi connectivity index (χ1n) is 11.3. The predicted molar refractivity (Wildman–Crippen MR) is 139 cm³/mol. The van der Waals surface area contributed by atoms with Crippen LogP contribution in [-0.4, -0.2) is 9.55 Å². The van der Waals surface area contributed by atoms with Crippen LogP contribution in [0.4, 0.5) is 0 Å². The van der Waals surface area contributed by atoms with E-state index in [4.69, 9.17) is 0 Å². The lowest BCUT2D eigenvalue weighted by atomic mass is 9.92. The molecule has 0 N–H and O–H groups in total. The van der Waals surface area contributed by atoms with E-state index < -0.39 is 0 Å². The van der Waals surface area contributed by atoms with E-state index in [1.54, 1.807) is 0 Å². The van der Waals surface area contributed by atoms with Gasteiger partial charge in [-0.25, -0.2) is 0 Å². The van der Waals surface area contributed by atoms with Gasteiger partial charge >= 0.3 is 0 Å². The van der Waals surface area contributed by atoms with E-state index in [0.29, 0.717) is 0 Å². The van der Waals surface area contributed by atoms with Gasteiger partial charge in [0.15, 0.2) is 0 Å². The van der Waals surface area contributed by atoms with Crippen LogP contribution in [-0.2, 0) is 0 Å². The van der Waals surface area contributed by atoms with Gasteiger partial charge in [-0.1, -0.05) is 60.7 Å². The number of hydrogen-bond acceptors (Lipinski definition) is 1. The van der Waals surface area contributed by atoms with Crippen LogP contribution in [0.15, 0.2) is 109 Å². The quantitative estimate of drug-likeness (QED) is 0.280. The van der Waals surface area contributed by atoms with E-state index in [-0.39, 0.29) is 0 Å². The van der Waals surface area contributed by atoms with Gasteiger partial charge in [-0.15, -0.1) is 0 Å². The van der Waals surface area contributed by atoms with Crippen LogP contribution in [0.1, 0.15) is 11.1 Å². The summed E-state index contributed by atoms with van der Waals surface area (Å²) in [5, 5.41) is 2.56. The number of aromatic nitrogens is 2. The summed E-state index contributed by atoms with van der Waals surface area (Å²) in [5.41, 5.74) is 11.1. The van der Waals surface area contributed by atoms with Crippen LogP contribution < -0.4 is 0 Å². The monoisotopic (exact) mass is 424 g/mol. The van der Waals surface area contributed by atoms with E-state index >= 15 is 0 Å². The lowest BCUT2D eigenvalue weighted by Crippen LogP contribution is -1.94. The molecule has 0 spiro atoms. The minimum absolute atomic E-state index is 1.14. The largest absolute Gasteiger partial charge is 0.309 e. The van der Waals surface area contributed by atoms with Crippen LogP contribution >= 0.6 is 0 Å². The van der Waals surface area contributed by atoms with Crippen molar-refractivity contribution in [2.45, 2.75) is 13.8 Å². The first kappa shape index (κ1) is 19.5. The Kier molecular flexibility index (Phi) is 4.58. The van der Waals surface area contributed by atoms with E-state index in [0.717, 1.165) is 5.56 Å². The second kappa shape index (κ2) is 7.75. The molecule has 2 aromatic heterocycles. The Balaban J connectivity index is 1.57. The topological polar surface area (TPSA) is 17.8 Å². The van der Waals surface area contributed by atoms with E-state index in [2.05, 4.69) is 114 Å². The number of hydrogen-bond donors (Lipinski definition) is 0. The summed E-state index contributed by atoms with van der Waals surface area (Å²) in [6.45, 7) is 4.42. The van der Waals surface area contributed by atoms with Gasteiger partial charge in [-0.3, -0.25) is 4.98 Å². The number of aryl methyl sites for hydroxylation is 2. The van der Waals surface area contributed by atoms with Crippen LogP contribution in [0.5, 0.6) is 0 Å². The third kappa shape index (κ3) is 3.23. The molecule has 0 bridgehead atoms. The molecule has 158 valence electrons. The van der Waals surface area contributed by atoms with Gasteiger partial charge in [-0.05, 0) is 83.6 Å². The Morgan fingerprint density at radius 3 is 2.15 bits per heavy atom. The van der Waals surface area contributed by atoms with Crippen molar-refractivity contribution in [2.24, 2.45) is 0 Å². The van der Waals surface area contributed by atoms with Gasteiger partial charge < -0.3 is 4.57 Å². The highest BCUT2D eigenvalue weighted by molar-refractivity contribution is 6.11. The van der Waals surface area contributed by atoms with Crippen LogP contribution in [0.2, 0.25) is 0 Å². The Morgan fingerprint density at radius 1 is 0.576 bits per heavy atom. The van der Waals surface area contributed by atoms with Crippen molar-refractivity contribution >= 4 is 21.8 Å². The molecular weight excluding hydrogens is 400 g/mol. The smallest absolute Gasteiger partial charge is 0.0544 e. The fourth-order valence-electron chi connectivity index (χ4n) is 4.94. The van der Waals surface area contributed by atoms with Gasteiger partial charge in [-0.2, -0.15) is 0 Å². The SMILES string of the molecule is Cc1cc(-c2cccnc2)ccc1-c1cc2c3ccccc3n(-c3ccccc3)c2cc1C. The molecule has 2 heterocycles. The summed E-state index contributed by atoms with van der Waals surface area (Å²) in [7, 11) is 0. The zero-order chi connectivity index (χ0) is 22.4. The molecule has 6 rings (SSSR count). The molecule has 6 aromatic rings. The number of rotatable bonds is 3. The highest BCUT2D eigenvalue weighted by Crippen LogP contribution is 2.38. The molecule has 0 aliphatic heterocycles. The van der Waals surface area contributed by atoms with Crippen molar-refractivity contribution in [3.05, 3.63) is 121 Å². The molecule has 0 amide bonds. The third-order valence-corrected chi connectivity index (χ3v) is 6.54. The average molecular weight is 425 g/mol. The Labute approximate surface area is 193 Å². The zero-order valence-electron chi connectivity index (χ0n) is 18.8. The Morgan fingerprint density at radius 2 is 1.36 bits per heavy atom. The number of pyridine rings is 1. The fraction of sp³-hybridized carbons (Fsp3) is 0.0645. The maximum atomic E-state index is 4.27. The predicted octanol–water partition coefficient (Wildman–Crippen LogP) is 8.13. The molecule has 4 aromatic carbocycles. The molecule has 0 atom stereocenters. The molecular formula is C31H24N2. The van der Waals surface area contributed by atoms with Gasteiger partial charge in [0.1, 0.15) is 0 Å². The molecule has 0 radical (unpaired) electrons. The standard InChI is InChI=1S/C31H24N2/c1-21-17-23(24-9-8-16-32-20-24)14-15-26(21)28-19-29-27-12-6-7-13-30(27)33(31(29)18-22(28)2)25-10-4-3-5-11-25/h3-20H,1-2H3. The summed E-state index contributed by atoms with van der Waals surface area (Å²) in [6, 6.07) is 34.9. The minimum Gasteiger partial charge on any atom is -0.309 e. The summed E-state index contributed by atoms with van der Waals surface area (Å²) in [6.07, 6.45) is 3.74. The van der Waals surface area contributed by atoms with Gasteiger partial charge in [0.05, 0.1) is 11.0 Å². The third-order valence-electron chi connectivity index (χ3n) is 6.54. The number of fused-ring (bicyclic) bond motifs is 3. The second-order valence-electron chi connectivity index (χ2n) is 8.64. The Hall–Kier alpha value is -4.17. The van der Waals surface area contributed by atoms with E-state index in [9.17, 15) is 0 Å². The van der Waals surface area contributed by atoms with E-state index in [1.807, 2.05) is 18.5 Å². The number of benzene rings is 4. The summed E-state index contributed by atoms with van der Waals surface area (Å²) >= 11 is 0. The van der Waals surface area contributed by atoms with Gasteiger partial charge in [0, 0.05) is 28.9 Å². The molecule has 33 heavy (non-hydrogen) atoms.